The molecule has 0 aliphatic heterocycles. The summed E-state index contributed by atoms with van der Waals surface area (Å²) in [4.78, 5) is 11.1. The van der Waals surface area contributed by atoms with E-state index in [2.05, 4.69) is 10.6 Å². The van der Waals surface area contributed by atoms with Crippen LogP contribution in [0.2, 0.25) is 0 Å². The van der Waals surface area contributed by atoms with Crippen molar-refractivity contribution in [3.05, 3.63) is 35.0 Å². The number of fused-ring (bicyclic) bond motifs is 1. The van der Waals surface area contributed by atoms with Gasteiger partial charge in [0.05, 0.1) is 0 Å². The average molecular weight is 279 g/mol. The van der Waals surface area contributed by atoms with Crippen molar-refractivity contribution in [3.8, 4) is 6.07 Å². The van der Waals surface area contributed by atoms with E-state index in [0.717, 1.165) is 48.6 Å². The summed E-state index contributed by atoms with van der Waals surface area (Å²) >= 11 is 0. The van der Waals surface area contributed by atoms with Gasteiger partial charge in [-0.15, -0.1) is 0 Å². The van der Waals surface area contributed by atoms with Gasteiger partial charge in [0.25, 0.3) is 0 Å². The second-order valence-electron chi connectivity index (χ2n) is 6.95. The van der Waals surface area contributed by atoms with Crippen LogP contribution in [0.5, 0.6) is 0 Å². The van der Waals surface area contributed by atoms with E-state index in [-0.39, 0.29) is 5.54 Å². The van der Waals surface area contributed by atoms with E-state index < -0.39 is 0 Å². The van der Waals surface area contributed by atoms with Gasteiger partial charge in [-0.05, 0) is 55.4 Å². The van der Waals surface area contributed by atoms with Crippen LogP contribution < -0.4 is 5.73 Å². The summed E-state index contributed by atoms with van der Waals surface area (Å²) in [7, 11) is 0. The largest absolute Gasteiger partial charge is 0.332 e. The summed E-state index contributed by atoms with van der Waals surface area (Å²) in [5, 5.41) is 10.4. The maximum atomic E-state index is 11.1. The molecular weight excluding hydrogens is 262 g/mol. The Balaban J connectivity index is 1.82. The van der Waals surface area contributed by atoms with Crippen LogP contribution in [0.15, 0.2) is 18.2 Å². The van der Waals surface area contributed by atoms with Crippen molar-refractivity contribution in [1.29, 1.82) is 5.26 Å². The first kappa shape index (κ1) is 12.6. The molecule has 5 rings (SSSR count). The molecule has 106 valence electrons. The zero-order valence-electron chi connectivity index (χ0n) is 12.0. The Labute approximate surface area is 123 Å². The van der Waals surface area contributed by atoms with Crippen LogP contribution in [0.4, 0.5) is 0 Å². The molecule has 4 heteroatoms. The number of nitrogens with zero attached hydrogens (tertiary/aromatic N) is 2. The molecule has 0 saturated heterocycles. The van der Waals surface area contributed by atoms with Gasteiger partial charge in [-0.2, -0.15) is 5.26 Å². The molecule has 3 saturated carbocycles. The number of nitrogens with two attached hydrogens (primary N) is 1. The predicted molar refractivity (Wildman–Crippen MR) is 80.0 cm³/mol. The molecule has 2 bridgehead atoms. The van der Waals surface area contributed by atoms with Crippen LogP contribution in [-0.4, -0.2) is 16.4 Å². The third-order valence-electron chi connectivity index (χ3n) is 5.31. The minimum Gasteiger partial charge on any atom is -0.332 e. The number of hydrogen-bond donors (Lipinski definition) is 1. The normalized spacial score (nSPS) is 29.6. The first-order chi connectivity index (χ1) is 9.99. The van der Waals surface area contributed by atoms with Crippen LogP contribution in [0.25, 0.3) is 10.9 Å². The standard InChI is InChI=1S/C17H17N3O/c1-11-12(6-21)2-3-15-14(11)4-13(5-18)20(15)10-16-7-17(19,8-16)9-16/h2-4,6H,7-10,19H2,1H3. The van der Waals surface area contributed by atoms with Gasteiger partial charge in [-0.3, -0.25) is 4.79 Å². The maximum absolute atomic E-state index is 11.1. The first-order valence-electron chi connectivity index (χ1n) is 7.26. The Morgan fingerprint density at radius 3 is 2.71 bits per heavy atom. The molecule has 4 nitrogen and oxygen atoms in total. The molecule has 3 aliphatic carbocycles. The highest BCUT2D eigenvalue weighted by Crippen LogP contribution is 2.66. The Kier molecular flexibility index (Phi) is 2.25. The lowest BCUT2D eigenvalue weighted by Crippen LogP contribution is -2.73. The van der Waals surface area contributed by atoms with Crippen molar-refractivity contribution < 1.29 is 4.79 Å². The third kappa shape index (κ3) is 1.55. The fourth-order valence-corrected chi connectivity index (χ4v) is 4.47. The monoisotopic (exact) mass is 279 g/mol. The average Bonchev–Trinajstić information content (AvgIpc) is 2.75. The molecule has 21 heavy (non-hydrogen) atoms. The SMILES string of the molecule is Cc1c(C=O)ccc2c1cc(C#N)n2CC12CC(N)(C1)C2. The Morgan fingerprint density at radius 1 is 1.43 bits per heavy atom. The molecule has 0 atom stereocenters. The van der Waals surface area contributed by atoms with Gasteiger partial charge in [-0.1, -0.05) is 0 Å². The van der Waals surface area contributed by atoms with Crippen LogP contribution in [-0.2, 0) is 6.54 Å². The van der Waals surface area contributed by atoms with Crippen LogP contribution in [0.3, 0.4) is 0 Å². The fourth-order valence-electron chi connectivity index (χ4n) is 4.47. The van der Waals surface area contributed by atoms with Crippen LogP contribution >= 0.6 is 0 Å². The van der Waals surface area contributed by atoms with Crippen molar-refractivity contribution in [2.45, 2.75) is 38.3 Å². The quantitative estimate of drug-likeness (QED) is 0.877. The van der Waals surface area contributed by atoms with Crippen molar-refractivity contribution in [2.24, 2.45) is 11.1 Å². The molecular formula is C17H17N3O. The van der Waals surface area contributed by atoms with E-state index in [1.54, 1.807) is 0 Å². The van der Waals surface area contributed by atoms with E-state index in [0.29, 0.717) is 16.7 Å². The van der Waals surface area contributed by atoms with Crippen molar-refractivity contribution in [1.82, 2.24) is 4.57 Å². The lowest BCUT2D eigenvalue weighted by molar-refractivity contribution is -0.141. The van der Waals surface area contributed by atoms with Gasteiger partial charge in [0.2, 0.25) is 0 Å². The molecule has 1 aromatic heterocycles. The van der Waals surface area contributed by atoms with Crippen molar-refractivity contribution in [3.63, 3.8) is 0 Å². The molecule has 0 spiro atoms. The molecule has 3 fully saturated rings. The number of aryl methyl sites for hydroxylation is 1. The molecule has 2 N–H and O–H groups in total. The number of benzene rings is 1. The number of rotatable bonds is 3. The summed E-state index contributed by atoms with van der Waals surface area (Å²) in [6, 6.07) is 7.99. The molecule has 3 aliphatic rings. The Hall–Kier alpha value is -2.12. The molecule has 0 amide bonds. The summed E-state index contributed by atoms with van der Waals surface area (Å²) < 4.78 is 2.11. The number of carbonyl (C=O) groups excluding carboxylic acids is 1. The van der Waals surface area contributed by atoms with Gasteiger partial charge >= 0.3 is 0 Å². The van der Waals surface area contributed by atoms with Crippen molar-refractivity contribution >= 4 is 17.2 Å². The lowest BCUT2D eigenvalue weighted by Gasteiger charge is -2.69. The van der Waals surface area contributed by atoms with Gasteiger partial charge in [-0.25, -0.2) is 0 Å². The number of aldehydes is 1. The van der Waals surface area contributed by atoms with Gasteiger partial charge in [0.1, 0.15) is 18.0 Å². The summed E-state index contributed by atoms with van der Waals surface area (Å²) in [5.74, 6) is 0. The third-order valence-corrected chi connectivity index (χ3v) is 5.31. The second-order valence-corrected chi connectivity index (χ2v) is 6.95. The molecule has 1 heterocycles. The summed E-state index contributed by atoms with van der Waals surface area (Å²) in [6.07, 6.45) is 4.07. The molecule has 2 aromatic rings. The maximum Gasteiger partial charge on any atom is 0.150 e. The summed E-state index contributed by atoms with van der Waals surface area (Å²) in [5.41, 5.74) is 9.87. The minimum atomic E-state index is 0.0797. The Morgan fingerprint density at radius 2 is 2.14 bits per heavy atom. The fraction of sp³-hybridized carbons (Fsp3) is 0.412. The van der Waals surface area contributed by atoms with E-state index in [4.69, 9.17) is 5.73 Å². The number of aromatic nitrogens is 1. The van der Waals surface area contributed by atoms with Gasteiger partial charge in [0, 0.05) is 28.6 Å². The Bertz CT molecular complexity index is 805. The van der Waals surface area contributed by atoms with Crippen LogP contribution in [0.1, 0.15) is 40.9 Å². The van der Waals surface area contributed by atoms with E-state index in [1.165, 1.54) is 0 Å². The van der Waals surface area contributed by atoms with Crippen LogP contribution in [0, 0.1) is 23.7 Å². The topological polar surface area (TPSA) is 71.8 Å². The number of nitriles is 1. The van der Waals surface area contributed by atoms with E-state index in [9.17, 15) is 10.1 Å². The number of hydrogen-bond acceptors (Lipinski definition) is 3. The van der Waals surface area contributed by atoms with E-state index in [1.807, 2.05) is 25.1 Å². The molecule has 0 unspecified atom stereocenters. The van der Waals surface area contributed by atoms with E-state index >= 15 is 0 Å². The number of carbonyl (C=O) groups is 1. The highest BCUT2D eigenvalue weighted by atomic mass is 16.1. The predicted octanol–water partition coefficient (Wildman–Crippen LogP) is 2.52. The summed E-state index contributed by atoms with van der Waals surface area (Å²) in [6.45, 7) is 2.80. The zero-order chi connectivity index (χ0) is 14.8. The van der Waals surface area contributed by atoms with Gasteiger partial charge in [0.15, 0.2) is 0 Å². The minimum absolute atomic E-state index is 0.0797. The first-order valence-corrected chi connectivity index (χ1v) is 7.26. The van der Waals surface area contributed by atoms with Gasteiger partial charge < -0.3 is 10.3 Å². The second kappa shape index (κ2) is 3.75. The lowest BCUT2D eigenvalue weighted by atomic mass is 9.40. The highest BCUT2D eigenvalue weighted by molar-refractivity contribution is 5.92. The highest BCUT2D eigenvalue weighted by Gasteiger charge is 2.65. The zero-order valence-corrected chi connectivity index (χ0v) is 12.0. The molecule has 1 aromatic carbocycles. The van der Waals surface area contributed by atoms with Crippen molar-refractivity contribution in [2.75, 3.05) is 0 Å². The smallest absolute Gasteiger partial charge is 0.150 e. The molecule has 0 radical (unpaired) electrons.